The van der Waals surface area contributed by atoms with Gasteiger partial charge in [-0.3, -0.25) is 14.9 Å². The standard InChI is InChI=1S/C24H19N3O4/c1-17-7-10-21(27(29)30)14-23(17)26-24(28)20(15-25)13-18-8-11-22(12-9-18)31-16-19-5-3-2-4-6-19/h2-14H,16H2,1H3,(H,26,28)/b20-13+. The summed E-state index contributed by atoms with van der Waals surface area (Å²) in [6.07, 6.45) is 1.45. The number of hydrogen-bond acceptors (Lipinski definition) is 5. The number of amides is 1. The molecule has 0 unspecified atom stereocenters. The van der Waals surface area contributed by atoms with Crippen LogP contribution in [0.3, 0.4) is 0 Å². The Bertz CT molecular complexity index is 1160. The molecule has 1 N–H and O–H groups in total. The fourth-order valence-electron chi connectivity index (χ4n) is 2.76. The number of benzene rings is 3. The zero-order valence-electron chi connectivity index (χ0n) is 16.7. The van der Waals surface area contributed by atoms with Crippen molar-refractivity contribution in [3.8, 4) is 11.8 Å². The lowest BCUT2D eigenvalue weighted by Gasteiger charge is -2.08. The average molecular weight is 413 g/mol. The molecule has 0 radical (unpaired) electrons. The molecule has 0 aliphatic carbocycles. The third-order valence-corrected chi connectivity index (χ3v) is 4.48. The second-order valence-corrected chi connectivity index (χ2v) is 6.72. The molecule has 0 bridgehead atoms. The van der Waals surface area contributed by atoms with Crippen molar-refractivity contribution in [2.45, 2.75) is 13.5 Å². The minimum absolute atomic E-state index is 0.121. The van der Waals surface area contributed by atoms with Crippen molar-refractivity contribution < 1.29 is 14.5 Å². The summed E-state index contributed by atoms with van der Waals surface area (Å²) in [7, 11) is 0. The SMILES string of the molecule is Cc1ccc([N+](=O)[O-])cc1NC(=O)/C(C#N)=C/c1ccc(OCc2ccccc2)cc1. The number of aryl methyl sites for hydroxylation is 1. The van der Waals surface area contributed by atoms with Gasteiger partial charge in [-0.2, -0.15) is 5.26 Å². The van der Waals surface area contributed by atoms with Crippen LogP contribution in [0.5, 0.6) is 5.75 Å². The molecule has 0 aliphatic rings. The molecule has 3 aromatic carbocycles. The number of non-ortho nitro benzene ring substituents is 1. The molecule has 0 saturated heterocycles. The van der Waals surface area contributed by atoms with Gasteiger partial charge in [-0.15, -0.1) is 0 Å². The Kier molecular flexibility index (Phi) is 6.76. The van der Waals surface area contributed by atoms with Crippen molar-refractivity contribution in [3.63, 3.8) is 0 Å². The molecule has 7 nitrogen and oxygen atoms in total. The zero-order chi connectivity index (χ0) is 22.2. The number of nitriles is 1. The summed E-state index contributed by atoms with van der Waals surface area (Å²) < 4.78 is 5.73. The van der Waals surface area contributed by atoms with Crippen molar-refractivity contribution in [3.05, 3.63) is 105 Å². The zero-order valence-corrected chi connectivity index (χ0v) is 16.7. The van der Waals surface area contributed by atoms with Crippen molar-refractivity contribution in [1.82, 2.24) is 0 Å². The van der Waals surface area contributed by atoms with Gasteiger partial charge < -0.3 is 10.1 Å². The van der Waals surface area contributed by atoms with Crippen molar-refractivity contribution >= 4 is 23.4 Å². The van der Waals surface area contributed by atoms with Crippen LogP contribution in [0.15, 0.2) is 78.4 Å². The summed E-state index contributed by atoms with van der Waals surface area (Å²) in [5.41, 5.74) is 2.36. The molecule has 0 saturated carbocycles. The van der Waals surface area contributed by atoms with E-state index < -0.39 is 10.8 Å². The molecule has 0 atom stereocenters. The van der Waals surface area contributed by atoms with Gasteiger partial charge in [-0.05, 0) is 41.8 Å². The monoisotopic (exact) mass is 413 g/mol. The van der Waals surface area contributed by atoms with Crippen LogP contribution in [0.2, 0.25) is 0 Å². The third kappa shape index (κ3) is 5.78. The van der Waals surface area contributed by atoms with Crippen LogP contribution in [0.4, 0.5) is 11.4 Å². The summed E-state index contributed by atoms with van der Waals surface area (Å²) >= 11 is 0. The first-order valence-corrected chi connectivity index (χ1v) is 9.41. The number of nitro benzene ring substituents is 1. The average Bonchev–Trinajstić information content (AvgIpc) is 2.78. The van der Waals surface area contributed by atoms with E-state index in [0.29, 0.717) is 23.5 Å². The molecule has 0 fully saturated rings. The number of carbonyl (C=O) groups excluding carboxylic acids is 1. The van der Waals surface area contributed by atoms with Crippen LogP contribution in [-0.4, -0.2) is 10.8 Å². The van der Waals surface area contributed by atoms with Gasteiger partial charge in [-0.25, -0.2) is 0 Å². The molecule has 0 aliphatic heterocycles. The maximum atomic E-state index is 12.5. The van der Waals surface area contributed by atoms with Crippen molar-refractivity contribution in [2.24, 2.45) is 0 Å². The molecule has 154 valence electrons. The molecule has 0 aromatic heterocycles. The molecule has 1 amide bonds. The van der Waals surface area contributed by atoms with E-state index in [4.69, 9.17) is 4.74 Å². The molecular weight excluding hydrogens is 394 g/mol. The number of nitro groups is 1. The fourth-order valence-corrected chi connectivity index (χ4v) is 2.76. The van der Waals surface area contributed by atoms with E-state index in [2.05, 4.69) is 5.32 Å². The number of hydrogen-bond donors (Lipinski definition) is 1. The Morgan fingerprint density at radius 1 is 1.13 bits per heavy atom. The molecule has 31 heavy (non-hydrogen) atoms. The van der Waals surface area contributed by atoms with Gasteiger partial charge >= 0.3 is 0 Å². The van der Waals surface area contributed by atoms with Crippen LogP contribution in [0, 0.1) is 28.4 Å². The highest BCUT2D eigenvalue weighted by molar-refractivity contribution is 6.10. The Labute approximate surface area is 179 Å². The lowest BCUT2D eigenvalue weighted by Crippen LogP contribution is -2.14. The van der Waals surface area contributed by atoms with Gasteiger partial charge in [-0.1, -0.05) is 48.5 Å². The Morgan fingerprint density at radius 3 is 2.48 bits per heavy atom. The second-order valence-electron chi connectivity index (χ2n) is 6.72. The van der Waals surface area contributed by atoms with E-state index in [1.807, 2.05) is 36.4 Å². The predicted octanol–water partition coefficient (Wildman–Crippen LogP) is 5.03. The third-order valence-electron chi connectivity index (χ3n) is 4.48. The summed E-state index contributed by atoms with van der Waals surface area (Å²) in [5.74, 6) is 0.0201. The topological polar surface area (TPSA) is 105 Å². The van der Waals surface area contributed by atoms with Crippen LogP contribution < -0.4 is 10.1 Å². The maximum Gasteiger partial charge on any atom is 0.271 e. The molecule has 0 heterocycles. The van der Waals surface area contributed by atoms with E-state index in [-0.39, 0.29) is 16.9 Å². The van der Waals surface area contributed by atoms with Crippen LogP contribution in [0.1, 0.15) is 16.7 Å². The van der Waals surface area contributed by atoms with Crippen molar-refractivity contribution in [1.29, 1.82) is 5.26 Å². The van der Waals surface area contributed by atoms with Gasteiger partial charge in [0.2, 0.25) is 0 Å². The van der Waals surface area contributed by atoms with Gasteiger partial charge in [0, 0.05) is 12.1 Å². The van der Waals surface area contributed by atoms with Crippen LogP contribution in [-0.2, 0) is 11.4 Å². The van der Waals surface area contributed by atoms with Gasteiger partial charge in [0.05, 0.1) is 10.6 Å². The van der Waals surface area contributed by atoms with E-state index >= 15 is 0 Å². The summed E-state index contributed by atoms with van der Waals surface area (Å²) in [6, 6.07) is 22.8. The minimum atomic E-state index is -0.643. The van der Waals surface area contributed by atoms with Crippen LogP contribution >= 0.6 is 0 Å². The quantitative estimate of drug-likeness (QED) is 0.253. The first-order valence-electron chi connectivity index (χ1n) is 9.41. The number of rotatable bonds is 7. The van der Waals surface area contributed by atoms with E-state index in [0.717, 1.165) is 5.56 Å². The smallest absolute Gasteiger partial charge is 0.271 e. The Morgan fingerprint density at radius 2 is 1.84 bits per heavy atom. The van der Waals surface area contributed by atoms with Gasteiger partial charge in [0.15, 0.2) is 0 Å². The van der Waals surface area contributed by atoms with E-state index in [1.165, 1.54) is 24.3 Å². The largest absolute Gasteiger partial charge is 0.489 e. The number of nitrogens with one attached hydrogen (secondary N) is 1. The number of carbonyl (C=O) groups is 1. The Balaban J connectivity index is 1.69. The minimum Gasteiger partial charge on any atom is -0.489 e. The normalized spacial score (nSPS) is 10.8. The molecule has 3 aromatic rings. The van der Waals surface area contributed by atoms with Crippen LogP contribution in [0.25, 0.3) is 6.08 Å². The highest BCUT2D eigenvalue weighted by Crippen LogP contribution is 2.23. The van der Waals surface area contributed by atoms with E-state index in [1.54, 1.807) is 31.2 Å². The molecule has 3 rings (SSSR count). The van der Waals surface area contributed by atoms with Gasteiger partial charge in [0.1, 0.15) is 24.0 Å². The maximum absolute atomic E-state index is 12.5. The molecule has 7 heteroatoms. The lowest BCUT2D eigenvalue weighted by molar-refractivity contribution is -0.384. The van der Waals surface area contributed by atoms with Crippen molar-refractivity contribution in [2.75, 3.05) is 5.32 Å². The predicted molar refractivity (Wildman–Crippen MR) is 117 cm³/mol. The lowest BCUT2D eigenvalue weighted by atomic mass is 10.1. The second kappa shape index (κ2) is 9.85. The molecular formula is C24H19N3O4. The van der Waals surface area contributed by atoms with Gasteiger partial charge in [0.25, 0.3) is 11.6 Å². The molecule has 0 spiro atoms. The first-order chi connectivity index (χ1) is 15.0. The number of anilines is 1. The van der Waals surface area contributed by atoms with E-state index in [9.17, 15) is 20.2 Å². The summed E-state index contributed by atoms with van der Waals surface area (Å²) in [5, 5.41) is 22.9. The number of nitrogens with zero attached hydrogens (tertiary/aromatic N) is 2. The Hall–Kier alpha value is -4.44. The highest BCUT2D eigenvalue weighted by atomic mass is 16.6. The number of ether oxygens (including phenoxy) is 1. The summed E-state index contributed by atoms with van der Waals surface area (Å²) in [6.45, 7) is 2.15. The first kappa shape index (κ1) is 21.3. The fraction of sp³-hybridized carbons (Fsp3) is 0.0833. The summed E-state index contributed by atoms with van der Waals surface area (Å²) in [4.78, 5) is 22.9. The highest BCUT2D eigenvalue weighted by Gasteiger charge is 2.14.